The van der Waals surface area contributed by atoms with E-state index in [1.165, 1.54) is 51.4 Å². The monoisotopic (exact) mass is 928 g/mol. The Kier molecular flexibility index (Phi) is 11.4. The van der Waals surface area contributed by atoms with Crippen molar-refractivity contribution in [3.8, 4) is 22.3 Å². The van der Waals surface area contributed by atoms with Gasteiger partial charge in [-0.3, -0.25) is 0 Å². The summed E-state index contributed by atoms with van der Waals surface area (Å²) in [6, 6.07) is 67.2. The fourth-order valence-electron chi connectivity index (χ4n) is 12.8. The molecule has 12 rings (SSSR count). The minimum atomic E-state index is 0.0440. The van der Waals surface area contributed by atoms with Crippen LogP contribution < -0.4 is 9.80 Å². The lowest BCUT2D eigenvalue weighted by atomic mass is 9.66. The molecule has 1 saturated carbocycles. The third-order valence-corrected chi connectivity index (χ3v) is 16.5. The van der Waals surface area contributed by atoms with Gasteiger partial charge in [-0.1, -0.05) is 203 Å². The molecule has 0 N–H and O–H groups in total. The van der Waals surface area contributed by atoms with Gasteiger partial charge < -0.3 is 9.80 Å². The van der Waals surface area contributed by atoms with E-state index in [1.54, 1.807) is 11.1 Å². The molecule has 3 aliphatic rings. The lowest BCUT2D eigenvalue weighted by Gasteiger charge is -2.37. The third-order valence-electron chi connectivity index (χ3n) is 16.5. The van der Waals surface area contributed by atoms with Crippen LogP contribution in [0.4, 0.5) is 28.4 Å². The highest BCUT2D eigenvalue weighted by Gasteiger charge is 2.61. The number of hydrogen-bond acceptors (Lipinski definition) is 2. The molecule has 350 valence electrons. The van der Waals surface area contributed by atoms with Crippen LogP contribution in [-0.4, -0.2) is 0 Å². The van der Waals surface area contributed by atoms with Crippen molar-refractivity contribution in [3.63, 3.8) is 0 Å². The molecule has 2 unspecified atom stereocenters. The van der Waals surface area contributed by atoms with E-state index in [0.717, 1.165) is 67.7 Å². The van der Waals surface area contributed by atoms with Crippen LogP contribution in [0.3, 0.4) is 0 Å². The third kappa shape index (κ3) is 7.15. The summed E-state index contributed by atoms with van der Waals surface area (Å²) >= 11 is 0. The van der Waals surface area contributed by atoms with Gasteiger partial charge in [0.05, 0.1) is 11.4 Å². The summed E-state index contributed by atoms with van der Waals surface area (Å²) in [5.41, 5.74) is 17.5. The summed E-state index contributed by atoms with van der Waals surface area (Å²) in [6.45, 7) is 14.2. The minimum absolute atomic E-state index is 0.0440. The maximum Gasteiger partial charge on any atom is 0.0620 e. The molecule has 0 spiro atoms. The first-order chi connectivity index (χ1) is 35.3. The van der Waals surface area contributed by atoms with E-state index < -0.39 is 0 Å². The van der Waals surface area contributed by atoms with Crippen molar-refractivity contribution in [1.82, 2.24) is 0 Å². The molecule has 1 fully saturated rings. The van der Waals surface area contributed by atoms with Crippen LogP contribution in [0.1, 0.15) is 69.6 Å². The van der Waals surface area contributed by atoms with Gasteiger partial charge in [0.15, 0.2) is 0 Å². The van der Waals surface area contributed by atoms with Gasteiger partial charge in [-0.2, -0.15) is 0 Å². The highest BCUT2D eigenvalue weighted by Crippen LogP contribution is 2.71. The number of anilines is 5. The number of rotatable bonds is 11. The largest absolute Gasteiger partial charge is 0.309 e. The quantitative estimate of drug-likeness (QED) is 0.0724. The first kappa shape index (κ1) is 45.0. The van der Waals surface area contributed by atoms with Crippen LogP contribution in [0, 0.1) is 5.41 Å². The zero-order valence-electron chi connectivity index (χ0n) is 41.8. The molecule has 9 aromatic carbocycles. The molecule has 2 nitrogen and oxygen atoms in total. The Labute approximate surface area is 425 Å². The van der Waals surface area contributed by atoms with E-state index in [4.69, 9.17) is 0 Å². The molecular formula is C70H60N2. The van der Waals surface area contributed by atoms with Gasteiger partial charge in [0.25, 0.3) is 0 Å². The average Bonchev–Trinajstić information content (AvgIpc) is 3.60. The Balaban J connectivity index is 1.20. The molecule has 3 aliphatic carbocycles. The van der Waals surface area contributed by atoms with Crippen LogP contribution in [-0.2, 0) is 5.41 Å². The van der Waals surface area contributed by atoms with Crippen molar-refractivity contribution in [2.24, 2.45) is 5.41 Å². The first-order valence-corrected chi connectivity index (χ1v) is 25.8. The van der Waals surface area contributed by atoms with E-state index in [9.17, 15) is 0 Å². The van der Waals surface area contributed by atoms with E-state index >= 15 is 0 Å². The fourth-order valence-corrected chi connectivity index (χ4v) is 12.8. The molecule has 0 aromatic heterocycles. The van der Waals surface area contributed by atoms with E-state index in [2.05, 4.69) is 275 Å². The summed E-state index contributed by atoms with van der Waals surface area (Å²) in [5, 5.41) is 7.21. The number of hydrogen-bond donors (Lipinski definition) is 0. The highest BCUT2D eigenvalue weighted by atomic mass is 15.2. The molecule has 0 saturated heterocycles. The lowest BCUT2D eigenvalue weighted by Crippen LogP contribution is -2.32. The normalized spacial score (nSPS) is 17.9. The molecule has 0 radical (unpaired) electrons. The summed E-state index contributed by atoms with van der Waals surface area (Å²) in [4.78, 5) is 4.85. The Hall–Kier alpha value is -8.20. The molecule has 72 heavy (non-hydrogen) atoms. The molecule has 2 atom stereocenters. The Bertz CT molecular complexity index is 3680. The summed E-state index contributed by atoms with van der Waals surface area (Å²) in [6.07, 6.45) is 23.3. The molecule has 0 amide bonds. The molecular weight excluding hydrogens is 869 g/mol. The zero-order chi connectivity index (χ0) is 49.0. The lowest BCUT2D eigenvalue weighted by molar-refractivity contribution is 0.231. The van der Waals surface area contributed by atoms with Gasteiger partial charge in [0, 0.05) is 44.3 Å². The standard InChI is InChI=1S/C70H60N2/c1-6-8-31-52(7-2)71(53-32-19-12-20-33-53)68-58-39-26-25-38-57(58)67(72(54-34-21-13-22-35-54)55-36-23-14-24-37-55)59-43-41-51(47-61(59)68)50-40-42-56-60(46-50)63(48-27-17-11-18-28-48)65-62-44-45-70(5,69(62,3)4)66(65)64(56)49-29-15-9-10-16-30-49/h6-9,11-43,46-47,62H,2,10,44-45H2,1,3-5H3/b8-6-,52-31+. The molecule has 9 aromatic rings. The van der Waals surface area contributed by atoms with Gasteiger partial charge in [-0.25, -0.2) is 0 Å². The van der Waals surface area contributed by atoms with Gasteiger partial charge in [-0.05, 0) is 159 Å². The SMILES string of the molecule is C=C/C(=C\C=C/C)N(c1ccccc1)c1c2ccccc2c(N(c2ccccc2)c2ccccc2)c2ccc(-c3ccc4c(C5=CC=CCC=C5)c5c(c(-c6ccccc6)c4c3)C3CCC5(C)C3(C)C)cc12. The molecule has 2 bridgehead atoms. The smallest absolute Gasteiger partial charge is 0.0620 e. The van der Waals surface area contributed by atoms with Gasteiger partial charge in [-0.15, -0.1) is 0 Å². The van der Waals surface area contributed by atoms with Gasteiger partial charge in [0.2, 0.25) is 0 Å². The van der Waals surface area contributed by atoms with Crippen molar-refractivity contribution < 1.29 is 0 Å². The molecule has 2 heteroatoms. The Morgan fingerprint density at radius 2 is 1.14 bits per heavy atom. The minimum Gasteiger partial charge on any atom is -0.309 e. The Morgan fingerprint density at radius 3 is 1.78 bits per heavy atom. The maximum absolute atomic E-state index is 4.43. The van der Waals surface area contributed by atoms with E-state index in [-0.39, 0.29) is 10.8 Å². The van der Waals surface area contributed by atoms with E-state index in [1.807, 2.05) is 6.08 Å². The number of fused-ring (bicyclic) bond motifs is 8. The molecule has 0 aliphatic heterocycles. The van der Waals surface area contributed by atoms with Crippen molar-refractivity contribution in [2.45, 2.75) is 58.3 Å². The number of benzene rings is 9. The average molecular weight is 929 g/mol. The second-order valence-corrected chi connectivity index (χ2v) is 20.5. The van der Waals surface area contributed by atoms with Crippen LogP contribution in [0.2, 0.25) is 0 Å². The number of nitrogens with zero attached hydrogens (tertiary/aromatic N) is 2. The van der Waals surface area contributed by atoms with Crippen molar-refractivity contribution in [2.75, 3.05) is 9.80 Å². The number of para-hydroxylation sites is 3. The predicted octanol–water partition coefficient (Wildman–Crippen LogP) is 19.8. The van der Waals surface area contributed by atoms with Gasteiger partial charge in [0.1, 0.15) is 0 Å². The second kappa shape index (κ2) is 18.2. The summed E-state index contributed by atoms with van der Waals surface area (Å²) in [5.74, 6) is 0.455. The second-order valence-electron chi connectivity index (χ2n) is 20.5. The van der Waals surface area contributed by atoms with Crippen LogP contribution >= 0.6 is 0 Å². The van der Waals surface area contributed by atoms with Gasteiger partial charge >= 0.3 is 0 Å². The van der Waals surface area contributed by atoms with Crippen molar-refractivity contribution in [3.05, 3.63) is 266 Å². The van der Waals surface area contributed by atoms with Crippen molar-refractivity contribution in [1.29, 1.82) is 0 Å². The van der Waals surface area contributed by atoms with Crippen molar-refractivity contribution >= 4 is 66.3 Å². The zero-order valence-corrected chi connectivity index (χ0v) is 41.8. The number of allylic oxidation sites excluding steroid dienone is 10. The first-order valence-electron chi connectivity index (χ1n) is 25.8. The predicted molar refractivity (Wildman–Crippen MR) is 310 cm³/mol. The topological polar surface area (TPSA) is 6.48 Å². The summed E-state index contributed by atoms with van der Waals surface area (Å²) < 4.78 is 0. The summed E-state index contributed by atoms with van der Waals surface area (Å²) in [7, 11) is 0. The van der Waals surface area contributed by atoms with Crippen LogP contribution in [0.25, 0.3) is 60.1 Å². The van der Waals surface area contributed by atoms with E-state index in [0.29, 0.717) is 5.92 Å². The molecule has 0 heterocycles. The maximum atomic E-state index is 4.43. The highest BCUT2D eigenvalue weighted by molar-refractivity contribution is 6.23. The fraction of sp³-hybridized carbons (Fsp3) is 0.143. The van der Waals surface area contributed by atoms with Crippen LogP contribution in [0.15, 0.2) is 249 Å². The Morgan fingerprint density at radius 1 is 0.569 bits per heavy atom. The van der Waals surface area contributed by atoms with Crippen LogP contribution in [0.5, 0.6) is 0 Å².